The molecule has 6 N–H and O–H groups in total. The molecule has 1 unspecified atom stereocenters. The van der Waals surface area contributed by atoms with Crippen molar-refractivity contribution in [3.63, 3.8) is 0 Å². The van der Waals surface area contributed by atoms with E-state index in [1.54, 1.807) is 24.3 Å². The second kappa shape index (κ2) is 7.61. The van der Waals surface area contributed by atoms with E-state index >= 15 is 0 Å². The number of aliphatic carboxylic acids is 1. The molecule has 130 valence electrons. The monoisotopic (exact) mass is 351 g/mol. The fourth-order valence-electron chi connectivity index (χ4n) is 2.51. The number of sulfonamides is 1. The van der Waals surface area contributed by atoms with Gasteiger partial charge in [0.1, 0.15) is 6.04 Å². The summed E-state index contributed by atoms with van der Waals surface area (Å²) >= 11 is 0. The lowest BCUT2D eigenvalue weighted by Crippen LogP contribution is -2.40. The van der Waals surface area contributed by atoms with Gasteiger partial charge in [0.05, 0.1) is 4.90 Å². The summed E-state index contributed by atoms with van der Waals surface area (Å²) in [6.45, 7) is 0.432. The third-order valence-electron chi connectivity index (χ3n) is 3.75. The molecule has 0 aliphatic rings. The zero-order valence-corrected chi connectivity index (χ0v) is 13.9. The van der Waals surface area contributed by atoms with Gasteiger partial charge in [-0.3, -0.25) is 4.79 Å². The first-order valence-electron chi connectivity index (χ1n) is 7.59. The van der Waals surface area contributed by atoms with Crippen LogP contribution in [0.5, 0.6) is 0 Å². The Kier molecular flexibility index (Phi) is 5.76. The number of benzene rings is 2. The Morgan fingerprint density at radius 2 is 1.79 bits per heavy atom. The number of nitrogens with two attached hydrogens (primary N) is 2. The number of rotatable bonds is 8. The van der Waals surface area contributed by atoms with Gasteiger partial charge in [0, 0.05) is 16.5 Å². The van der Waals surface area contributed by atoms with Gasteiger partial charge in [-0.15, -0.1) is 0 Å². The van der Waals surface area contributed by atoms with Gasteiger partial charge in [0.25, 0.3) is 0 Å². The summed E-state index contributed by atoms with van der Waals surface area (Å²) in [5.74, 6) is -1.21. The molecule has 0 aliphatic heterocycles. The number of hydrogen-bond acceptors (Lipinski definition) is 5. The first kappa shape index (κ1) is 18.2. The van der Waals surface area contributed by atoms with Crippen LogP contribution in [0.15, 0.2) is 41.3 Å². The highest BCUT2D eigenvalue weighted by atomic mass is 32.2. The highest BCUT2D eigenvalue weighted by molar-refractivity contribution is 7.89. The molecule has 0 aromatic heterocycles. The van der Waals surface area contributed by atoms with Crippen LogP contribution in [0, 0.1) is 0 Å². The number of carboxylic acids is 1. The average Bonchev–Trinajstić information content (AvgIpc) is 2.54. The Bertz CT molecular complexity index is 836. The summed E-state index contributed by atoms with van der Waals surface area (Å²) in [6.07, 6.45) is 1.34. The molecule has 24 heavy (non-hydrogen) atoms. The fraction of sp³-hybridized carbons (Fsp3) is 0.312. The van der Waals surface area contributed by atoms with Crippen LogP contribution in [0.3, 0.4) is 0 Å². The van der Waals surface area contributed by atoms with Crippen LogP contribution < -0.4 is 16.2 Å². The quantitative estimate of drug-likeness (QED) is 0.418. The van der Waals surface area contributed by atoms with E-state index in [2.05, 4.69) is 4.72 Å². The van der Waals surface area contributed by atoms with E-state index in [0.29, 0.717) is 35.8 Å². The Labute approximate surface area is 140 Å². The molecule has 0 saturated carbocycles. The Morgan fingerprint density at radius 3 is 2.42 bits per heavy atom. The van der Waals surface area contributed by atoms with Gasteiger partial charge in [-0.05, 0) is 31.5 Å². The largest absolute Gasteiger partial charge is 0.480 e. The molecule has 0 heterocycles. The van der Waals surface area contributed by atoms with Crippen molar-refractivity contribution in [2.24, 2.45) is 5.73 Å². The van der Waals surface area contributed by atoms with E-state index in [1.165, 1.54) is 12.1 Å². The molecule has 2 aromatic carbocycles. The van der Waals surface area contributed by atoms with Crippen LogP contribution in [-0.2, 0) is 14.8 Å². The van der Waals surface area contributed by atoms with Crippen molar-refractivity contribution < 1.29 is 18.3 Å². The predicted molar refractivity (Wildman–Crippen MR) is 93.0 cm³/mol. The maximum atomic E-state index is 12.7. The molecule has 2 rings (SSSR count). The summed E-state index contributed by atoms with van der Waals surface area (Å²) < 4.78 is 27.6. The number of anilines is 1. The molecule has 0 spiro atoms. The second-order valence-electron chi connectivity index (χ2n) is 5.50. The van der Waals surface area contributed by atoms with Crippen LogP contribution in [0.1, 0.15) is 19.3 Å². The molecular weight excluding hydrogens is 330 g/mol. The molecule has 0 amide bonds. The molecule has 0 saturated heterocycles. The van der Waals surface area contributed by atoms with E-state index in [0.717, 1.165) is 0 Å². The van der Waals surface area contributed by atoms with Crippen LogP contribution >= 0.6 is 0 Å². The predicted octanol–water partition coefficient (Wildman–Crippen LogP) is 1.28. The van der Waals surface area contributed by atoms with Gasteiger partial charge in [-0.25, -0.2) is 8.42 Å². The number of carbonyl (C=O) groups is 1. The van der Waals surface area contributed by atoms with E-state index < -0.39 is 22.0 Å². The fourth-order valence-corrected chi connectivity index (χ4v) is 3.94. The Morgan fingerprint density at radius 1 is 1.12 bits per heavy atom. The van der Waals surface area contributed by atoms with Crippen molar-refractivity contribution in [2.45, 2.75) is 30.2 Å². The first-order valence-corrected chi connectivity index (χ1v) is 9.07. The molecule has 0 fully saturated rings. The normalized spacial score (nSPS) is 13.0. The van der Waals surface area contributed by atoms with Crippen molar-refractivity contribution in [1.82, 2.24) is 4.72 Å². The zero-order valence-electron chi connectivity index (χ0n) is 13.1. The highest BCUT2D eigenvalue weighted by Gasteiger charge is 2.26. The smallest absolute Gasteiger partial charge is 0.321 e. The molecule has 1 atom stereocenters. The topological polar surface area (TPSA) is 136 Å². The first-order chi connectivity index (χ1) is 11.4. The van der Waals surface area contributed by atoms with Gasteiger partial charge < -0.3 is 16.6 Å². The highest BCUT2D eigenvalue weighted by Crippen LogP contribution is 2.27. The summed E-state index contributed by atoms with van der Waals surface area (Å²) in [4.78, 5) is 11.4. The Hall–Kier alpha value is -2.16. The lowest BCUT2D eigenvalue weighted by molar-refractivity contribution is -0.139. The lowest BCUT2D eigenvalue weighted by atomic mass is 10.1. The van der Waals surface area contributed by atoms with Gasteiger partial charge in [0.15, 0.2) is 0 Å². The van der Waals surface area contributed by atoms with Crippen LogP contribution in [0.2, 0.25) is 0 Å². The van der Waals surface area contributed by atoms with Crippen molar-refractivity contribution in [1.29, 1.82) is 0 Å². The van der Waals surface area contributed by atoms with Gasteiger partial charge in [-0.2, -0.15) is 4.72 Å². The van der Waals surface area contributed by atoms with Gasteiger partial charge >= 0.3 is 5.97 Å². The number of hydrogen-bond donors (Lipinski definition) is 4. The van der Waals surface area contributed by atoms with Crippen molar-refractivity contribution >= 4 is 32.5 Å². The average molecular weight is 351 g/mol. The maximum Gasteiger partial charge on any atom is 0.321 e. The SMILES string of the molecule is NCCCCC(NS(=O)(=O)c1ccc(N)c2ccccc12)C(=O)O. The Balaban J connectivity index is 2.36. The number of fused-ring (bicyclic) bond motifs is 1. The number of nitrogen functional groups attached to an aromatic ring is 1. The van der Waals surface area contributed by atoms with Crippen molar-refractivity contribution in [2.75, 3.05) is 12.3 Å². The molecule has 0 radical (unpaired) electrons. The van der Waals surface area contributed by atoms with Crippen LogP contribution in [0.4, 0.5) is 5.69 Å². The number of carboxylic acid groups (broad SMARTS) is 1. The molecule has 7 nitrogen and oxygen atoms in total. The number of nitrogens with one attached hydrogen (secondary N) is 1. The van der Waals surface area contributed by atoms with Crippen molar-refractivity contribution in [3.8, 4) is 0 Å². The molecule has 2 aromatic rings. The van der Waals surface area contributed by atoms with E-state index in [1.807, 2.05) is 0 Å². The molecule has 8 heteroatoms. The van der Waals surface area contributed by atoms with Crippen LogP contribution in [0.25, 0.3) is 10.8 Å². The van der Waals surface area contributed by atoms with Crippen molar-refractivity contribution in [3.05, 3.63) is 36.4 Å². The van der Waals surface area contributed by atoms with Gasteiger partial charge in [-0.1, -0.05) is 30.7 Å². The molecule has 0 aliphatic carbocycles. The summed E-state index contributed by atoms with van der Waals surface area (Å²) in [7, 11) is -4.00. The lowest BCUT2D eigenvalue weighted by Gasteiger charge is -2.16. The zero-order chi connectivity index (χ0) is 17.7. The summed E-state index contributed by atoms with van der Waals surface area (Å²) in [5, 5.41) is 10.3. The van der Waals surface area contributed by atoms with Gasteiger partial charge in [0.2, 0.25) is 10.0 Å². The number of unbranched alkanes of at least 4 members (excludes halogenated alkanes) is 1. The van der Waals surface area contributed by atoms with E-state index in [4.69, 9.17) is 11.5 Å². The maximum absolute atomic E-state index is 12.7. The molecular formula is C16H21N3O4S. The summed E-state index contributed by atoms with van der Waals surface area (Å²) in [5.41, 5.74) is 11.7. The minimum absolute atomic E-state index is 0.0115. The van der Waals surface area contributed by atoms with Crippen LogP contribution in [-0.4, -0.2) is 32.1 Å². The minimum Gasteiger partial charge on any atom is -0.480 e. The van der Waals surface area contributed by atoms with E-state index in [9.17, 15) is 18.3 Å². The van der Waals surface area contributed by atoms with E-state index in [-0.39, 0.29) is 11.3 Å². The standard InChI is InChI=1S/C16H21N3O4S/c17-10-4-3-7-14(16(20)21)19-24(22,23)15-9-8-13(18)11-5-1-2-6-12(11)15/h1-2,5-6,8-9,14,19H,3-4,7,10,17-18H2,(H,20,21). The molecule has 0 bridgehead atoms. The second-order valence-corrected chi connectivity index (χ2v) is 7.18. The third kappa shape index (κ3) is 4.02. The minimum atomic E-state index is -4.00. The third-order valence-corrected chi connectivity index (χ3v) is 5.28. The summed E-state index contributed by atoms with van der Waals surface area (Å²) in [6, 6.07) is 8.52.